The van der Waals surface area contributed by atoms with E-state index in [0.717, 1.165) is 48.9 Å². The number of benzene rings is 2. The summed E-state index contributed by atoms with van der Waals surface area (Å²) in [6.45, 7) is 5.09. The van der Waals surface area contributed by atoms with Crippen LogP contribution in [0.4, 0.5) is 0 Å². The minimum absolute atomic E-state index is 0.172. The molecule has 33 heavy (non-hydrogen) atoms. The van der Waals surface area contributed by atoms with Crippen LogP contribution in [0.25, 0.3) is 0 Å². The van der Waals surface area contributed by atoms with Crippen molar-refractivity contribution in [1.82, 2.24) is 20.2 Å². The first-order valence-electron chi connectivity index (χ1n) is 11.2. The zero-order valence-electron chi connectivity index (χ0n) is 19.4. The molecule has 0 bridgehead atoms. The first-order valence-corrected chi connectivity index (χ1v) is 11.2. The molecule has 7 heteroatoms. The van der Waals surface area contributed by atoms with Crippen molar-refractivity contribution < 1.29 is 14.3 Å². The van der Waals surface area contributed by atoms with E-state index in [-0.39, 0.29) is 11.8 Å². The average Bonchev–Trinajstić information content (AvgIpc) is 3.31. The quantitative estimate of drug-likeness (QED) is 0.568. The van der Waals surface area contributed by atoms with Crippen LogP contribution in [0.1, 0.15) is 45.3 Å². The molecule has 1 saturated heterocycles. The SMILES string of the molecule is COc1ccc(CN2CC[C@H](c3ncc(C(=O)NCc4cccc(OC)c4)c(C)n3)C2)cc1. The Morgan fingerprint density at radius 1 is 1.09 bits per heavy atom. The molecule has 1 aliphatic rings. The molecule has 0 spiro atoms. The molecule has 172 valence electrons. The lowest BCUT2D eigenvalue weighted by molar-refractivity contribution is 0.0949. The van der Waals surface area contributed by atoms with Crippen molar-refractivity contribution in [3.8, 4) is 11.5 Å². The second-order valence-electron chi connectivity index (χ2n) is 8.33. The molecule has 3 aromatic rings. The number of carbonyl (C=O) groups is 1. The molecular weight excluding hydrogens is 416 g/mol. The lowest BCUT2D eigenvalue weighted by Crippen LogP contribution is -2.25. The van der Waals surface area contributed by atoms with E-state index in [9.17, 15) is 4.79 Å². The summed E-state index contributed by atoms with van der Waals surface area (Å²) < 4.78 is 10.5. The zero-order valence-corrected chi connectivity index (χ0v) is 19.4. The molecule has 2 aromatic carbocycles. The Morgan fingerprint density at radius 3 is 2.61 bits per heavy atom. The Balaban J connectivity index is 1.34. The highest BCUT2D eigenvalue weighted by Gasteiger charge is 2.26. The topological polar surface area (TPSA) is 76.6 Å². The van der Waals surface area contributed by atoms with Crippen LogP contribution in [-0.2, 0) is 13.1 Å². The highest BCUT2D eigenvalue weighted by molar-refractivity contribution is 5.94. The predicted octanol–water partition coefficient (Wildman–Crippen LogP) is 3.72. The van der Waals surface area contributed by atoms with Crippen molar-refractivity contribution in [3.63, 3.8) is 0 Å². The molecule has 1 fully saturated rings. The van der Waals surface area contributed by atoms with E-state index in [4.69, 9.17) is 9.47 Å². The van der Waals surface area contributed by atoms with Gasteiger partial charge < -0.3 is 14.8 Å². The second-order valence-corrected chi connectivity index (χ2v) is 8.33. The van der Waals surface area contributed by atoms with Crippen molar-refractivity contribution >= 4 is 5.91 Å². The van der Waals surface area contributed by atoms with Gasteiger partial charge in [0.25, 0.3) is 5.91 Å². The van der Waals surface area contributed by atoms with Crippen LogP contribution in [0.5, 0.6) is 11.5 Å². The Morgan fingerprint density at radius 2 is 1.88 bits per heavy atom. The smallest absolute Gasteiger partial charge is 0.254 e. The maximum atomic E-state index is 12.7. The average molecular weight is 447 g/mol. The third-order valence-electron chi connectivity index (χ3n) is 6.03. The van der Waals surface area contributed by atoms with Crippen LogP contribution in [0.15, 0.2) is 54.7 Å². The number of aromatic nitrogens is 2. The zero-order chi connectivity index (χ0) is 23.2. The summed E-state index contributed by atoms with van der Waals surface area (Å²) in [6, 6.07) is 15.8. The molecule has 0 saturated carbocycles. The van der Waals surface area contributed by atoms with Gasteiger partial charge in [0.05, 0.1) is 25.5 Å². The number of nitrogens with zero attached hydrogens (tertiary/aromatic N) is 3. The van der Waals surface area contributed by atoms with Gasteiger partial charge in [-0.3, -0.25) is 9.69 Å². The highest BCUT2D eigenvalue weighted by Crippen LogP contribution is 2.26. The highest BCUT2D eigenvalue weighted by atomic mass is 16.5. The molecule has 4 rings (SSSR count). The van der Waals surface area contributed by atoms with E-state index in [1.807, 2.05) is 43.3 Å². The summed E-state index contributed by atoms with van der Waals surface area (Å²) in [4.78, 5) is 24.3. The van der Waals surface area contributed by atoms with Crippen molar-refractivity contribution in [2.45, 2.75) is 32.4 Å². The van der Waals surface area contributed by atoms with Crippen LogP contribution in [0, 0.1) is 6.92 Å². The number of rotatable bonds is 8. The number of aryl methyl sites for hydroxylation is 1. The van der Waals surface area contributed by atoms with Gasteiger partial charge >= 0.3 is 0 Å². The van der Waals surface area contributed by atoms with E-state index < -0.39 is 0 Å². The third kappa shape index (κ3) is 5.68. The van der Waals surface area contributed by atoms with Crippen LogP contribution in [0.3, 0.4) is 0 Å². The number of carbonyl (C=O) groups excluding carboxylic acids is 1. The Bertz CT molecular complexity index is 1100. The van der Waals surface area contributed by atoms with E-state index >= 15 is 0 Å². The standard InChI is InChI=1S/C26H30N4O3/c1-18-24(26(31)28-14-20-5-4-6-23(13-20)33-3)15-27-25(29-18)21-11-12-30(17-21)16-19-7-9-22(32-2)10-8-19/h4-10,13,15,21H,11-12,14,16-17H2,1-3H3,(H,28,31)/t21-/m0/s1. The van der Waals surface area contributed by atoms with Crippen LogP contribution in [0.2, 0.25) is 0 Å². The van der Waals surface area contributed by atoms with Gasteiger partial charge in [-0.2, -0.15) is 0 Å². The summed E-state index contributed by atoms with van der Waals surface area (Å²) >= 11 is 0. The van der Waals surface area contributed by atoms with E-state index in [2.05, 4.69) is 32.3 Å². The van der Waals surface area contributed by atoms with Gasteiger partial charge in [-0.15, -0.1) is 0 Å². The van der Waals surface area contributed by atoms with E-state index in [0.29, 0.717) is 17.8 Å². The van der Waals surface area contributed by atoms with Crippen LogP contribution < -0.4 is 14.8 Å². The van der Waals surface area contributed by atoms with Crippen LogP contribution in [-0.4, -0.2) is 48.1 Å². The number of amides is 1. The first kappa shape index (κ1) is 22.7. The molecule has 1 amide bonds. The number of nitrogens with one attached hydrogen (secondary N) is 1. The fourth-order valence-electron chi connectivity index (χ4n) is 4.14. The Kier molecular flexibility index (Phi) is 7.19. The summed E-state index contributed by atoms with van der Waals surface area (Å²) in [5.41, 5.74) is 3.45. The Hall–Kier alpha value is -3.45. The van der Waals surface area contributed by atoms with Gasteiger partial charge in [-0.05, 0) is 55.3 Å². The second kappa shape index (κ2) is 10.4. The number of hydrogen-bond donors (Lipinski definition) is 1. The summed E-state index contributed by atoms with van der Waals surface area (Å²) in [6.07, 6.45) is 2.67. The molecular formula is C26H30N4O3. The molecule has 0 aliphatic carbocycles. The molecule has 1 aliphatic heterocycles. The van der Waals surface area contributed by atoms with Crippen molar-refractivity contribution in [2.75, 3.05) is 27.3 Å². The molecule has 1 N–H and O–H groups in total. The molecule has 7 nitrogen and oxygen atoms in total. The van der Waals surface area contributed by atoms with Gasteiger partial charge in [-0.1, -0.05) is 24.3 Å². The molecule has 1 aromatic heterocycles. The number of methoxy groups -OCH3 is 2. The molecule has 2 heterocycles. The maximum absolute atomic E-state index is 12.7. The summed E-state index contributed by atoms with van der Waals surface area (Å²) in [7, 11) is 3.31. The van der Waals surface area contributed by atoms with E-state index in [1.165, 1.54) is 5.56 Å². The van der Waals surface area contributed by atoms with Crippen LogP contribution >= 0.6 is 0 Å². The maximum Gasteiger partial charge on any atom is 0.254 e. The molecule has 1 atom stereocenters. The first-order chi connectivity index (χ1) is 16.1. The Labute approximate surface area is 194 Å². The lowest BCUT2D eigenvalue weighted by atomic mass is 10.1. The fourth-order valence-corrected chi connectivity index (χ4v) is 4.14. The minimum Gasteiger partial charge on any atom is -0.497 e. The predicted molar refractivity (Wildman–Crippen MR) is 127 cm³/mol. The van der Waals surface area contributed by atoms with Gasteiger partial charge in [0.2, 0.25) is 0 Å². The number of ether oxygens (including phenoxy) is 2. The molecule has 0 radical (unpaired) electrons. The number of likely N-dealkylation sites (tertiary alicyclic amines) is 1. The normalized spacial score (nSPS) is 15.9. The lowest BCUT2D eigenvalue weighted by Gasteiger charge is -2.16. The van der Waals surface area contributed by atoms with Gasteiger partial charge in [0.1, 0.15) is 17.3 Å². The third-order valence-corrected chi connectivity index (χ3v) is 6.03. The molecule has 0 unspecified atom stereocenters. The van der Waals surface area contributed by atoms with Crippen molar-refractivity contribution in [2.24, 2.45) is 0 Å². The summed E-state index contributed by atoms with van der Waals surface area (Å²) in [5, 5.41) is 2.95. The van der Waals surface area contributed by atoms with Gasteiger partial charge in [-0.25, -0.2) is 9.97 Å². The van der Waals surface area contributed by atoms with Gasteiger partial charge in [0.15, 0.2) is 0 Å². The fraction of sp³-hybridized carbons (Fsp3) is 0.346. The monoisotopic (exact) mass is 446 g/mol. The van der Waals surface area contributed by atoms with Crippen molar-refractivity contribution in [1.29, 1.82) is 0 Å². The largest absolute Gasteiger partial charge is 0.497 e. The van der Waals surface area contributed by atoms with Gasteiger partial charge in [0, 0.05) is 31.7 Å². The minimum atomic E-state index is -0.172. The van der Waals surface area contributed by atoms with E-state index in [1.54, 1.807) is 20.4 Å². The number of hydrogen-bond acceptors (Lipinski definition) is 6. The summed E-state index contributed by atoms with van der Waals surface area (Å²) in [5.74, 6) is 2.55. The van der Waals surface area contributed by atoms with Crippen molar-refractivity contribution in [3.05, 3.63) is 82.9 Å².